The maximum Gasteiger partial charge on any atom is 0.0423 e. The van der Waals surface area contributed by atoms with Crippen molar-refractivity contribution >= 4 is 21.6 Å². The minimum absolute atomic E-state index is 0.696. The van der Waals surface area contributed by atoms with E-state index in [0.717, 1.165) is 25.6 Å². The van der Waals surface area contributed by atoms with Gasteiger partial charge in [-0.25, -0.2) is 0 Å². The molecule has 0 amide bonds. The molecule has 3 heteroatoms. The Morgan fingerprint density at radius 2 is 2.10 bits per heavy atom. The Balaban J connectivity index is 2.08. The molecule has 1 aliphatic rings. The van der Waals surface area contributed by atoms with Gasteiger partial charge in [0.1, 0.15) is 0 Å². The van der Waals surface area contributed by atoms with Crippen molar-refractivity contribution in [1.82, 2.24) is 5.32 Å². The van der Waals surface area contributed by atoms with Crippen LogP contribution in [0.4, 0.5) is 5.69 Å². The van der Waals surface area contributed by atoms with E-state index in [0.29, 0.717) is 5.92 Å². The van der Waals surface area contributed by atoms with Gasteiger partial charge < -0.3 is 10.2 Å². The molecular weight excluding hydrogens is 324 g/mol. The Hall–Kier alpha value is -0.540. The van der Waals surface area contributed by atoms with Crippen molar-refractivity contribution in [3.8, 4) is 0 Å². The molecule has 0 heterocycles. The fraction of sp³-hybridized carbons (Fsp3) is 0.667. The summed E-state index contributed by atoms with van der Waals surface area (Å²) >= 11 is 3.64. The Bertz CT molecular complexity index is 441. The topological polar surface area (TPSA) is 15.3 Å². The van der Waals surface area contributed by atoms with Crippen LogP contribution in [0.3, 0.4) is 0 Å². The molecule has 1 aliphatic carbocycles. The lowest BCUT2D eigenvalue weighted by Gasteiger charge is -2.34. The molecule has 0 bridgehead atoms. The number of rotatable bonds is 8. The molecule has 2 nitrogen and oxygen atoms in total. The predicted octanol–water partition coefficient (Wildman–Crippen LogP) is 4.82. The Kier molecular flexibility index (Phi) is 6.56. The zero-order valence-corrected chi connectivity index (χ0v) is 15.2. The third-order valence-corrected chi connectivity index (χ3v) is 4.83. The molecule has 1 fully saturated rings. The van der Waals surface area contributed by atoms with Crippen molar-refractivity contribution in [2.24, 2.45) is 11.8 Å². The van der Waals surface area contributed by atoms with Crippen LogP contribution in [-0.4, -0.2) is 19.6 Å². The van der Waals surface area contributed by atoms with Crippen LogP contribution in [0, 0.1) is 11.8 Å². The summed E-state index contributed by atoms with van der Waals surface area (Å²) in [6.07, 6.45) is 4.24. The summed E-state index contributed by atoms with van der Waals surface area (Å²) in [6.45, 7) is 11.1. The minimum atomic E-state index is 0.696. The molecule has 1 aromatic carbocycles. The summed E-state index contributed by atoms with van der Waals surface area (Å²) in [7, 11) is 0. The van der Waals surface area contributed by atoms with Gasteiger partial charge in [0, 0.05) is 29.8 Å². The second kappa shape index (κ2) is 8.19. The van der Waals surface area contributed by atoms with E-state index in [-0.39, 0.29) is 0 Å². The van der Waals surface area contributed by atoms with Crippen molar-refractivity contribution in [2.75, 3.05) is 24.5 Å². The van der Waals surface area contributed by atoms with Crippen molar-refractivity contribution in [3.63, 3.8) is 0 Å². The fourth-order valence-electron chi connectivity index (χ4n) is 2.86. The first kappa shape index (κ1) is 16.8. The number of halogens is 1. The highest BCUT2D eigenvalue weighted by Gasteiger charge is 2.21. The summed E-state index contributed by atoms with van der Waals surface area (Å²) in [5.74, 6) is 1.60. The molecule has 21 heavy (non-hydrogen) atoms. The quantitative estimate of drug-likeness (QED) is 0.721. The summed E-state index contributed by atoms with van der Waals surface area (Å²) in [4.78, 5) is 2.56. The van der Waals surface area contributed by atoms with Gasteiger partial charge in [0.25, 0.3) is 0 Å². The number of nitrogens with one attached hydrogen (secondary N) is 1. The first-order chi connectivity index (χ1) is 10.1. The van der Waals surface area contributed by atoms with E-state index in [4.69, 9.17) is 0 Å². The minimum Gasteiger partial charge on any atom is -0.371 e. The molecule has 0 radical (unpaired) electrons. The SMILES string of the molecule is CCN(CC1CCC1)c1cc(Br)ccc1CNCC(C)C. The molecular formula is C18H29BrN2. The van der Waals surface area contributed by atoms with Crippen LogP contribution in [0.1, 0.15) is 45.6 Å². The van der Waals surface area contributed by atoms with Gasteiger partial charge in [0.15, 0.2) is 0 Å². The Morgan fingerprint density at radius 3 is 2.67 bits per heavy atom. The third kappa shape index (κ3) is 5.00. The largest absolute Gasteiger partial charge is 0.371 e. The van der Waals surface area contributed by atoms with Crippen LogP contribution >= 0.6 is 15.9 Å². The number of hydrogen-bond donors (Lipinski definition) is 1. The summed E-state index contributed by atoms with van der Waals surface area (Å²) < 4.78 is 1.18. The van der Waals surface area contributed by atoms with Crippen LogP contribution in [0.2, 0.25) is 0 Å². The lowest BCUT2D eigenvalue weighted by molar-refractivity contribution is 0.318. The molecule has 118 valence electrons. The maximum atomic E-state index is 3.64. The Morgan fingerprint density at radius 1 is 1.33 bits per heavy atom. The van der Waals surface area contributed by atoms with Gasteiger partial charge in [-0.05, 0) is 55.8 Å². The van der Waals surface area contributed by atoms with Gasteiger partial charge in [-0.15, -0.1) is 0 Å². The van der Waals surface area contributed by atoms with Crippen LogP contribution in [0.5, 0.6) is 0 Å². The molecule has 1 N–H and O–H groups in total. The average molecular weight is 353 g/mol. The monoisotopic (exact) mass is 352 g/mol. The highest BCUT2D eigenvalue weighted by atomic mass is 79.9. The van der Waals surface area contributed by atoms with Gasteiger partial charge in [-0.2, -0.15) is 0 Å². The van der Waals surface area contributed by atoms with Crippen molar-refractivity contribution in [2.45, 2.75) is 46.6 Å². The zero-order valence-electron chi connectivity index (χ0n) is 13.7. The standard InChI is InChI=1S/C18H29BrN2/c1-4-21(13-15-6-5-7-15)18-10-17(19)9-8-16(18)12-20-11-14(2)3/h8-10,14-15,20H,4-7,11-13H2,1-3H3. The number of hydrogen-bond acceptors (Lipinski definition) is 2. The Labute approximate surface area is 138 Å². The van der Waals surface area contributed by atoms with E-state index in [9.17, 15) is 0 Å². The van der Waals surface area contributed by atoms with Crippen LogP contribution < -0.4 is 10.2 Å². The molecule has 0 atom stereocenters. The smallest absolute Gasteiger partial charge is 0.0423 e. The zero-order chi connectivity index (χ0) is 15.2. The van der Waals surface area contributed by atoms with Crippen molar-refractivity contribution in [3.05, 3.63) is 28.2 Å². The van der Waals surface area contributed by atoms with Crippen LogP contribution in [0.25, 0.3) is 0 Å². The van der Waals surface area contributed by atoms with E-state index in [1.807, 2.05) is 0 Å². The third-order valence-electron chi connectivity index (χ3n) is 4.34. The van der Waals surface area contributed by atoms with Crippen molar-refractivity contribution < 1.29 is 0 Å². The lowest BCUT2D eigenvalue weighted by atomic mass is 9.85. The summed E-state index contributed by atoms with van der Waals surface area (Å²) in [5.41, 5.74) is 2.81. The van der Waals surface area contributed by atoms with Gasteiger partial charge >= 0.3 is 0 Å². The van der Waals surface area contributed by atoms with Gasteiger partial charge in [0.2, 0.25) is 0 Å². The molecule has 2 rings (SSSR count). The lowest BCUT2D eigenvalue weighted by Crippen LogP contribution is -2.33. The van der Waals surface area contributed by atoms with Gasteiger partial charge in [-0.3, -0.25) is 0 Å². The first-order valence-electron chi connectivity index (χ1n) is 8.34. The van der Waals surface area contributed by atoms with E-state index in [1.54, 1.807) is 0 Å². The molecule has 0 unspecified atom stereocenters. The summed E-state index contributed by atoms with van der Waals surface area (Å²) in [5, 5.41) is 3.58. The fourth-order valence-corrected chi connectivity index (χ4v) is 3.21. The van der Waals surface area contributed by atoms with E-state index >= 15 is 0 Å². The van der Waals surface area contributed by atoms with Crippen LogP contribution in [0.15, 0.2) is 22.7 Å². The molecule has 0 aliphatic heterocycles. The van der Waals surface area contributed by atoms with E-state index in [1.165, 1.54) is 41.5 Å². The second-order valence-electron chi connectivity index (χ2n) is 6.63. The number of nitrogens with zero attached hydrogens (tertiary/aromatic N) is 1. The normalized spacial score (nSPS) is 15.3. The van der Waals surface area contributed by atoms with Crippen LogP contribution in [-0.2, 0) is 6.54 Å². The second-order valence-corrected chi connectivity index (χ2v) is 7.55. The van der Waals surface area contributed by atoms with E-state index in [2.05, 4.69) is 65.1 Å². The number of benzene rings is 1. The molecule has 1 aromatic rings. The molecule has 0 spiro atoms. The van der Waals surface area contributed by atoms with E-state index < -0.39 is 0 Å². The maximum absolute atomic E-state index is 3.64. The highest BCUT2D eigenvalue weighted by molar-refractivity contribution is 9.10. The van der Waals surface area contributed by atoms with Gasteiger partial charge in [-0.1, -0.05) is 42.3 Å². The average Bonchev–Trinajstić information content (AvgIpc) is 2.39. The molecule has 1 saturated carbocycles. The number of anilines is 1. The van der Waals surface area contributed by atoms with Gasteiger partial charge in [0.05, 0.1) is 0 Å². The highest BCUT2D eigenvalue weighted by Crippen LogP contribution is 2.31. The summed E-state index contributed by atoms with van der Waals surface area (Å²) in [6, 6.07) is 6.71. The first-order valence-corrected chi connectivity index (χ1v) is 9.13. The molecule has 0 aromatic heterocycles. The van der Waals surface area contributed by atoms with Crippen molar-refractivity contribution in [1.29, 1.82) is 0 Å². The predicted molar refractivity (Wildman–Crippen MR) is 95.9 cm³/mol. The molecule has 0 saturated heterocycles.